The minimum atomic E-state index is -0.259. The van der Waals surface area contributed by atoms with E-state index in [-0.39, 0.29) is 11.8 Å². The lowest BCUT2D eigenvalue weighted by Crippen LogP contribution is -2.31. The maximum absolute atomic E-state index is 13.3. The van der Waals surface area contributed by atoms with Crippen LogP contribution in [0.2, 0.25) is 0 Å². The molecule has 2 heterocycles. The Morgan fingerprint density at radius 3 is 2.24 bits per heavy atom. The maximum atomic E-state index is 13.3. The van der Waals surface area contributed by atoms with Crippen LogP contribution in [0.4, 0.5) is 11.4 Å². The number of imide groups is 1. The summed E-state index contributed by atoms with van der Waals surface area (Å²) >= 11 is 2.91. The van der Waals surface area contributed by atoms with Crippen LogP contribution < -0.4 is 9.80 Å². The zero-order chi connectivity index (χ0) is 20.4. The summed E-state index contributed by atoms with van der Waals surface area (Å²) < 4.78 is 0. The molecule has 0 saturated carbocycles. The molecular weight excluding hydrogens is 400 g/mol. The molecule has 29 heavy (non-hydrogen) atoms. The molecule has 0 unspecified atom stereocenters. The van der Waals surface area contributed by atoms with Crippen LogP contribution in [0.1, 0.15) is 10.4 Å². The lowest BCUT2D eigenvalue weighted by Gasteiger charge is -2.17. The van der Waals surface area contributed by atoms with Crippen molar-refractivity contribution >= 4 is 51.9 Å². The van der Waals surface area contributed by atoms with Crippen molar-refractivity contribution in [1.82, 2.24) is 0 Å². The number of thiophene rings is 1. The number of amides is 2. The van der Waals surface area contributed by atoms with Gasteiger partial charge in [0.2, 0.25) is 0 Å². The van der Waals surface area contributed by atoms with Gasteiger partial charge < -0.3 is 4.90 Å². The Morgan fingerprint density at radius 1 is 0.897 bits per heavy atom. The van der Waals surface area contributed by atoms with E-state index >= 15 is 0 Å². The molecule has 0 bridgehead atoms. The van der Waals surface area contributed by atoms with E-state index in [1.807, 2.05) is 91.1 Å². The fraction of sp³-hybridized carbons (Fsp3) is 0.130. The van der Waals surface area contributed by atoms with Gasteiger partial charge in [0.1, 0.15) is 0 Å². The van der Waals surface area contributed by atoms with Crippen LogP contribution in [0.25, 0.3) is 5.57 Å². The molecule has 1 aliphatic heterocycles. The number of anilines is 2. The van der Waals surface area contributed by atoms with E-state index < -0.39 is 0 Å². The Labute approximate surface area is 178 Å². The number of carbonyl (C=O) groups excluding carboxylic acids is 2. The highest BCUT2D eigenvalue weighted by atomic mass is 32.2. The molecule has 0 aliphatic carbocycles. The van der Waals surface area contributed by atoms with Gasteiger partial charge in [0.05, 0.1) is 16.2 Å². The Kier molecular flexibility index (Phi) is 5.56. The largest absolute Gasteiger partial charge is 0.378 e. The third-order valence-electron chi connectivity index (χ3n) is 4.66. The summed E-state index contributed by atoms with van der Waals surface area (Å²) in [6, 6.07) is 21.2. The second kappa shape index (κ2) is 8.27. The molecule has 146 valence electrons. The summed E-state index contributed by atoms with van der Waals surface area (Å²) in [7, 11) is 3.91. The molecular formula is C23H20N2O2S2. The second-order valence-electron chi connectivity index (χ2n) is 6.81. The molecule has 0 radical (unpaired) electrons. The molecule has 0 atom stereocenters. The molecule has 2 amide bonds. The van der Waals surface area contributed by atoms with Gasteiger partial charge in [-0.05, 0) is 41.3 Å². The normalized spacial score (nSPS) is 14.1. The molecule has 4 nitrogen and oxygen atoms in total. The van der Waals surface area contributed by atoms with Gasteiger partial charge in [0, 0.05) is 30.4 Å². The number of carbonyl (C=O) groups is 2. The molecule has 0 spiro atoms. The molecule has 1 aromatic heterocycles. The van der Waals surface area contributed by atoms with Crippen LogP contribution in [0, 0.1) is 0 Å². The summed E-state index contributed by atoms with van der Waals surface area (Å²) in [6.45, 7) is 0. The number of thioether (sulfide) groups is 1. The Balaban J connectivity index is 1.68. The standard InChI is InChI=1S/C23H20N2O2S2/c1-24(2)17-10-12-18(13-11-17)25-22(26)20(19-9-6-14-28-19)21(23(25)27)29-15-16-7-4-3-5-8-16/h3-14H,15H2,1-2H3. The van der Waals surface area contributed by atoms with E-state index in [0.29, 0.717) is 21.9 Å². The average Bonchev–Trinajstić information content (AvgIpc) is 3.33. The van der Waals surface area contributed by atoms with Crippen LogP contribution in [-0.2, 0) is 15.3 Å². The van der Waals surface area contributed by atoms with Crippen LogP contribution in [0.15, 0.2) is 77.0 Å². The minimum absolute atomic E-state index is 0.253. The molecule has 1 aliphatic rings. The first-order chi connectivity index (χ1) is 14.1. The van der Waals surface area contributed by atoms with Crippen molar-refractivity contribution in [2.75, 3.05) is 23.9 Å². The topological polar surface area (TPSA) is 40.6 Å². The van der Waals surface area contributed by atoms with E-state index in [9.17, 15) is 9.59 Å². The summed E-state index contributed by atoms with van der Waals surface area (Å²) in [5, 5.41) is 1.92. The smallest absolute Gasteiger partial charge is 0.272 e. The van der Waals surface area contributed by atoms with E-state index in [4.69, 9.17) is 0 Å². The lowest BCUT2D eigenvalue weighted by molar-refractivity contribution is -0.119. The van der Waals surface area contributed by atoms with E-state index in [1.54, 1.807) is 0 Å². The van der Waals surface area contributed by atoms with Crippen molar-refractivity contribution in [3.63, 3.8) is 0 Å². The van der Waals surface area contributed by atoms with Crippen molar-refractivity contribution in [1.29, 1.82) is 0 Å². The van der Waals surface area contributed by atoms with Crippen molar-refractivity contribution in [3.8, 4) is 0 Å². The highest BCUT2D eigenvalue weighted by Gasteiger charge is 2.40. The second-order valence-corrected chi connectivity index (χ2v) is 8.75. The highest BCUT2D eigenvalue weighted by molar-refractivity contribution is 8.03. The third-order valence-corrected chi connectivity index (χ3v) is 6.69. The van der Waals surface area contributed by atoms with Gasteiger partial charge in [-0.1, -0.05) is 36.4 Å². The lowest BCUT2D eigenvalue weighted by atomic mass is 10.2. The third kappa shape index (κ3) is 3.86. The quantitative estimate of drug-likeness (QED) is 0.524. The summed E-state index contributed by atoms with van der Waals surface area (Å²) in [4.78, 5) is 31.2. The predicted molar refractivity (Wildman–Crippen MR) is 122 cm³/mol. The molecule has 6 heteroatoms. The minimum Gasteiger partial charge on any atom is -0.378 e. The number of nitrogens with zero attached hydrogens (tertiary/aromatic N) is 2. The van der Waals surface area contributed by atoms with Crippen molar-refractivity contribution < 1.29 is 9.59 Å². The number of hydrogen-bond acceptors (Lipinski definition) is 5. The van der Waals surface area contributed by atoms with E-state index in [2.05, 4.69) is 0 Å². The molecule has 2 aromatic carbocycles. The summed E-state index contributed by atoms with van der Waals surface area (Å²) in [5.41, 5.74) is 3.22. The van der Waals surface area contributed by atoms with Gasteiger partial charge in [-0.3, -0.25) is 9.59 Å². The van der Waals surface area contributed by atoms with Crippen molar-refractivity contribution in [2.24, 2.45) is 0 Å². The molecule has 0 N–H and O–H groups in total. The van der Waals surface area contributed by atoms with Crippen LogP contribution in [0.3, 0.4) is 0 Å². The first kappa shape index (κ1) is 19.5. The van der Waals surface area contributed by atoms with Gasteiger partial charge in [0.15, 0.2) is 0 Å². The Bertz CT molecular complexity index is 1060. The first-order valence-electron chi connectivity index (χ1n) is 9.17. The van der Waals surface area contributed by atoms with Gasteiger partial charge in [-0.15, -0.1) is 23.1 Å². The fourth-order valence-corrected chi connectivity index (χ4v) is 5.04. The molecule has 4 rings (SSSR count). The molecule has 0 fully saturated rings. The summed E-state index contributed by atoms with van der Waals surface area (Å²) in [5.74, 6) is 0.125. The monoisotopic (exact) mass is 420 g/mol. The zero-order valence-corrected chi connectivity index (χ0v) is 17.8. The predicted octanol–water partition coefficient (Wildman–Crippen LogP) is 5.03. The Morgan fingerprint density at radius 2 is 1.62 bits per heavy atom. The van der Waals surface area contributed by atoms with Crippen LogP contribution in [0.5, 0.6) is 0 Å². The number of benzene rings is 2. The highest BCUT2D eigenvalue weighted by Crippen LogP contribution is 2.41. The van der Waals surface area contributed by atoms with Crippen molar-refractivity contribution in [2.45, 2.75) is 5.75 Å². The zero-order valence-electron chi connectivity index (χ0n) is 16.2. The van der Waals surface area contributed by atoms with Gasteiger partial charge in [0.25, 0.3) is 11.8 Å². The molecule has 3 aromatic rings. The first-order valence-corrected chi connectivity index (χ1v) is 11.0. The van der Waals surface area contributed by atoms with Gasteiger partial charge in [-0.25, -0.2) is 4.90 Å². The molecule has 0 saturated heterocycles. The van der Waals surface area contributed by atoms with Crippen molar-refractivity contribution in [3.05, 3.63) is 87.5 Å². The van der Waals surface area contributed by atoms with E-state index in [1.165, 1.54) is 28.0 Å². The van der Waals surface area contributed by atoms with Crippen LogP contribution in [-0.4, -0.2) is 25.9 Å². The van der Waals surface area contributed by atoms with Gasteiger partial charge in [-0.2, -0.15) is 0 Å². The van der Waals surface area contributed by atoms with Gasteiger partial charge >= 0.3 is 0 Å². The maximum Gasteiger partial charge on any atom is 0.272 e. The fourth-order valence-electron chi connectivity index (χ4n) is 3.15. The Hall–Kier alpha value is -2.83. The SMILES string of the molecule is CN(C)c1ccc(N2C(=O)C(SCc3ccccc3)=C(c3cccs3)C2=O)cc1. The summed E-state index contributed by atoms with van der Waals surface area (Å²) in [6.07, 6.45) is 0. The average molecular weight is 421 g/mol. The van der Waals surface area contributed by atoms with Crippen LogP contribution >= 0.6 is 23.1 Å². The number of hydrogen-bond donors (Lipinski definition) is 0. The number of rotatable bonds is 6. The van der Waals surface area contributed by atoms with E-state index in [0.717, 1.165) is 16.1 Å².